The first-order chi connectivity index (χ1) is 20.5. The second kappa shape index (κ2) is 12.1. The number of ether oxygens (including phenoxy) is 2. The molecule has 1 aromatic carbocycles. The predicted octanol–water partition coefficient (Wildman–Crippen LogP) is 5.08. The fourth-order valence-corrected chi connectivity index (χ4v) is 5.64. The smallest absolute Gasteiger partial charge is 0.136 e. The Balaban J connectivity index is 1.36. The SMILES string of the molecule is COc1cccc(F)c1-c1nc(Nc2cc(N3CCC[C@H](O)C3)c(-c3cnn(C4CCOCC4)c3)cn2)ccc1C#N. The van der Waals surface area contributed by atoms with Crippen LogP contribution in [0.3, 0.4) is 0 Å². The van der Waals surface area contributed by atoms with Crippen molar-refractivity contribution in [1.82, 2.24) is 19.7 Å². The first-order valence-electron chi connectivity index (χ1n) is 14.1. The normalized spacial score (nSPS) is 17.6. The molecule has 0 spiro atoms. The maximum Gasteiger partial charge on any atom is 0.136 e. The van der Waals surface area contributed by atoms with Gasteiger partial charge in [0.25, 0.3) is 0 Å². The van der Waals surface area contributed by atoms with Crippen molar-refractivity contribution < 1.29 is 19.0 Å². The summed E-state index contributed by atoms with van der Waals surface area (Å²) in [7, 11) is 1.45. The van der Waals surface area contributed by atoms with E-state index in [0.717, 1.165) is 62.3 Å². The van der Waals surface area contributed by atoms with E-state index in [1.807, 2.05) is 16.9 Å². The van der Waals surface area contributed by atoms with Crippen LogP contribution in [-0.4, -0.2) is 64.4 Å². The zero-order chi connectivity index (χ0) is 29.1. The Hall–Kier alpha value is -4.53. The standard InChI is InChI=1S/C31H32FN7O3/c1-41-27-6-2-5-25(32)30(27)31-20(15-33)7-8-28(37-31)36-29-14-26(38-11-3-4-23(40)19-38)24(17-34-29)21-16-35-39(18-21)22-9-12-42-13-10-22/h2,5-8,14,16-18,22-23,40H,3-4,9-13,19H2,1H3,(H,34,36,37)/t23-/m0/s1. The highest BCUT2D eigenvalue weighted by atomic mass is 19.1. The monoisotopic (exact) mass is 569 g/mol. The number of anilines is 3. The summed E-state index contributed by atoms with van der Waals surface area (Å²) in [6.45, 7) is 2.77. The molecule has 0 radical (unpaired) electrons. The summed E-state index contributed by atoms with van der Waals surface area (Å²) in [5.74, 6) is 0.664. The molecule has 2 fully saturated rings. The van der Waals surface area contributed by atoms with Crippen molar-refractivity contribution in [2.24, 2.45) is 0 Å². The maximum atomic E-state index is 14.9. The van der Waals surface area contributed by atoms with Gasteiger partial charge in [-0.2, -0.15) is 10.4 Å². The third kappa shape index (κ3) is 5.64. The number of rotatable bonds is 7. The molecule has 3 aromatic heterocycles. The molecule has 42 heavy (non-hydrogen) atoms. The van der Waals surface area contributed by atoms with E-state index in [9.17, 15) is 14.8 Å². The molecule has 216 valence electrons. The number of halogens is 1. The van der Waals surface area contributed by atoms with Crippen LogP contribution >= 0.6 is 0 Å². The van der Waals surface area contributed by atoms with Gasteiger partial charge in [-0.15, -0.1) is 0 Å². The minimum Gasteiger partial charge on any atom is -0.496 e. The summed E-state index contributed by atoms with van der Waals surface area (Å²) in [5.41, 5.74) is 3.29. The molecule has 4 aromatic rings. The molecule has 0 unspecified atom stereocenters. The minimum atomic E-state index is -0.537. The second-order valence-corrected chi connectivity index (χ2v) is 10.5. The molecule has 1 atom stereocenters. The van der Waals surface area contributed by atoms with Gasteiger partial charge in [0.1, 0.15) is 29.3 Å². The van der Waals surface area contributed by atoms with Gasteiger partial charge in [-0.1, -0.05) is 6.07 Å². The van der Waals surface area contributed by atoms with Crippen LogP contribution in [0.1, 0.15) is 37.3 Å². The Bertz CT molecular complexity index is 1610. The number of pyridine rings is 2. The van der Waals surface area contributed by atoms with Crippen molar-refractivity contribution in [2.45, 2.75) is 37.8 Å². The van der Waals surface area contributed by atoms with Crippen LogP contribution in [0.2, 0.25) is 0 Å². The van der Waals surface area contributed by atoms with Gasteiger partial charge in [0.15, 0.2) is 0 Å². The third-order valence-corrected chi connectivity index (χ3v) is 7.80. The van der Waals surface area contributed by atoms with Gasteiger partial charge in [-0.25, -0.2) is 14.4 Å². The highest BCUT2D eigenvalue weighted by molar-refractivity contribution is 5.80. The van der Waals surface area contributed by atoms with Crippen molar-refractivity contribution >= 4 is 17.3 Å². The van der Waals surface area contributed by atoms with E-state index in [0.29, 0.717) is 24.2 Å². The molecule has 0 amide bonds. The Morgan fingerprint density at radius 2 is 2.00 bits per heavy atom. The first-order valence-corrected chi connectivity index (χ1v) is 14.1. The van der Waals surface area contributed by atoms with E-state index in [2.05, 4.69) is 37.5 Å². The van der Waals surface area contributed by atoms with Crippen molar-refractivity contribution in [1.29, 1.82) is 5.26 Å². The van der Waals surface area contributed by atoms with Crippen LogP contribution in [-0.2, 0) is 4.74 Å². The topological polar surface area (TPSA) is 121 Å². The number of nitrogens with zero attached hydrogens (tertiary/aromatic N) is 6. The molecule has 0 aliphatic carbocycles. The summed E-state index contributed by atoms with van der Waals surface area (Å²) in [6, 6.07) is 12.1. The lowest BCUT2D eigenvalue weighted by atomic mass is 10.0. The van der Waals surface area contributed by atoms with Gasteiger partial charge in [0.2, 0.25) is 0 Å². The highest BCUT2D eigenvalue weighted by Gasteiger charge is 2.24. The third-order valence-electron chi connectivity index (χ3n) is 7.80. The molecule has 2 aliphatic rings. The predicted molar refractivity (Wildman–Crippen MR) is 156 cm³/mol. The van der Waals surface area contributed by atoms with Crippen molar-refractivity contribution in [3.05, 3.63) is 66.4 Å². The Kier molecular flexibility index (Phi) is 7.99. The van der Waals surface area contributed by atoms with Crippen molar-refractivity contribution in [3.63, 3.8) is 0 Å². The fourth-order valence-electron chi connectivity index (χ4n) is 5.64. The van der Waals surface area contributed by atoms with Crippen LogP contribution in [0.4, 0.5) is 21.7 Å². The molecule has 0 bridgehead atoms. The number of β-amino-alcohol motifs (C(OH)–C–C–N with tert-alkyl or cyclic N) is 1. The van der Waals surface area contributed by atoms with Crippen LogP contribution in [0.25, 0.3) is 22.4 Å². The van der Waals surface area contributed by atoms with Crippen molar-refractivity contribution in [2.75, 3.05) is 43.6 Å². The number of piperidine rings is 1. The average Bonchev–Trinajstić information content (AvgIpc) is 3.52. The summed E-state index contributed by atoms with van der Waals surface area (Å²) in [5, 5.41) is 28.1. The number of aliphatic hydroxyl groups excluding tert-OH is 1. The lowest BCUT2D eigenvalue weighted by molar-refractivity contribution is 0.0662. The number of aromatic nitrogens is 4. The van der Waals surface area contributed by atoms with Gasteiger partial charge >= 0.3 is 0 Å². The molecule has 6 rings (SSSR count). The molecular formula is C31H32FN7O3. The highest BCUT2D eigenvalue weighted by Crippen LogP contribution is 2.37. The largest absolute Gasteiger partial charge is 0.496 e. The van der Waals surface area contributed by atoms with Gasteiger partial charge < -0.3 is 24.8 Å². The molecule has 11 heteroatoms. The van der Waals surface area contributed by atoms with Crippen LogP contribution in [0.15, 0.2) is 55.0 Å². The zero-order valence-corrected chi connectivity index (χ0v) is 23.3. The number of hydrogen-bond acceptors (Lipinski definition) is 9. The zero-order valence-electron chi connectivity index (χ0n) is 23.3. The molecule has 0 saturated carbocycles. The number of nitrogens with one attached hydrogen (secondary N) is 1. The molecule has 2 saturated heterocycles. The summed E-state index contributed by atoms with van der Waals surface area (Å²) >= 11 is 0. The van der Waals surface area contributed by atoms with Crippen LogP contribution in [0.5, 0.6) is 5.75 Å². The van der Waals surface area contributed by atoms with Crippen LogP contribution in [0, 0.1) is 17.1 Å². The quantitative estimate of drug-likeness (QED) is 0.314. The van der Waals surface area contributed by atoms with Crippen molar-refractivity contribution in [3.8, 4) is 34.2 Å². The van der Waals surface area contributed by atoms with E-state index < -0.39 is 11.9 Å². The average molecular weight is 570 g/mol. The number of aliphatic hydroxyl groups is 1. The van der Waals surface area contributed by atoms with E-state index >= 15 is 0 Å². The van der Waals surface area contributed by atoms with E-state index in [-0.39, 0.29) is 22.6 Å². The van der Waals surface area contributed by atoms with Gasteiger partial charge in [0.05, 0.1) is 48.0 Å². The minimum absolute atomic E-state index is 0.119. The summed E-state index contributed by atoms with van der Waals surface area (Å²) in [4.78, 5) is 11.5. The van der Waals surface area contributed by atoms with E-state index in [1.54, 1.807) is 30.5 Å². The van der Waals surface area contributed by atoms with Gasteiger partial charge in [-0.3, -0.25) is 4.68 Å². The summed E-state index contributed by atoms with van der Waals surface area (Å²) in [6.07, 6.45) is 8.78. The Morgan fingerprint density at radius 1 is 1.14 bits per heavy atom. The van der Waals surface area contributed by atoms with Crippen LogP contribution < -0.4 is 15.0 Å². The van der Waals surface area contributed by atoms with E-state index in [4.69, 9.17) is 9.47 Å². The molecule has 10 nitrogen and oxygen atoms in total. The number of hydrogen-bond donors (Lipinski definition) is 2. The first kappa shape index (κ1) is 27.6. The molecule has 2 N–H and O–H groups in total. The van der Waals surface area contributed by atoms with Gasteiger partial charge in [0, 0.05) is 55.9 Å². The second-order valence-electron chi connectivity index (χ2n) is 10.5. The Labute approximate surface area is 243 Å². The fraction of sp³-hybridized carbons (Fsp3) is 0.355. The van der Waals surface area contributed by atoms with E-state index in [1.165, 1.54) is 13.2 Å². The number of benzene rings is 1. The lowest BCUT2D eigenvalue weighted by Gasteiger charge is -2.33. The maximum absolute atomic E-state index is 14.9. The number of methoxy groups -OCH3 is 1. The molecular weight excluding hydrogens is 537 g/mol. The molecule has 2 aliphatic heterocycles. The lowest BCUT2D eigenvalue weighted by Crippen LogP contribution is -2.38. The van der Waals surface area contributed by atoms with Gasteiger partial charge in [-0.05, 0) is 49.9 Å². The summed E-state index contributed by atoms with van der Waals surface area (Å²) < 4.78 is 27.8. The Morgan fingerprint density at radius 3 is 2.79 bits per heavy atom. The number of nitriles is 1. The molecule has 5 heterocycles.